The summed E-state index contributed by atoms with van der Waals surface area (Å²) in [4.78, 5) is 10.4. The number of anilines is 1. The second kappa shape index (κ2) is 7.80. The number of halogens is 1. The Balaban J connectivity index is 2.08. The highest BCUT2D eigenvalue weighted by molar-refractivity contribution is 9.10. The smallest absolute Gasteiger partial charge is 0.144 e. The van der Waals surface area contributed by atoms with Gasteiger partial charge in [0, 0.05) is 11.4 Å². The van der Waals surface area contributed by atoms with Crippen LogP contribution in [0.15, 0.2) is 33.6 Å². The molecular formula is C16H20BrN3S. The van der Waals surface area contributed by atoms with E-state index in [1.165, 1.54) is 10.5 Å². The molecule has 3 nitrogen and oxygen atoms in total. The summed E-state index contributed by atoms with van der Waals surface area (Å²) in [6.07, 6.45) is 1.07. The van der Waals surface area contributed by atoms with Gasteiger partial charge in [-0.15, -0.1) is 11.8 Å². The lowest BCUT2D eigenvalue weighted by Crippen LogP contribution is -2.07. The van der Waals surface area contributed by atoms with Crippen LogP contribution in [0.4, 0.5) is 5.82 Å². The van der Waals surface area contributed by atoms with Crippen molar-refractivity contribution in [2.24, 2.45) is 0 Å². The molecule has 21 heavy (non-hydrogen) atoms. The summed E-state index contributed by atoms with van der Waals surface area (Å²) >= 11 is 5.32. The number of hydrogen-bond acceptors (Lipinski definition) is 4. The van der Waals surface area contributed by atoms with Gasteiger partial charge in [0.05, 0.1) is 15.9 Å². The predicted octanol–water partition coefficient (Wildman–Crippen LogP) is 4.97. The van der Waals surface area contributed by atoms with E-state index in [1.54, 1.807) is 11.8 Å². The highest BCUT2D eigenvalue weighted by atomic mass is 79.9. The minimum Gasteiger partial charge on any atom is -0.369 e. The maximum absolute atomic E-state index is 4.61. The molecule has 0 bridgehead atoms. The van der Waals surface area contributed by atoms with Gasteiger partial charge in [0.1, 0.15) is 11.6 Å². The SMILES string of the molecule is CCCNc1nc(CSc2ccc(C)cc2)nc(C)c1Br. The van der Waals surface area contributed by atoms with Crippen molar-refractivity contribution < 1.29 is 0 Å². The molecule has 0 amide bonds. The molecule has 1 aromatic heterocycles. The van der Waals surface area contributed by atoms with E-state index >= 15 is 0 Å². The van der Waals surface area contributed by atoms with Crippen LogP contribution in [0.1, 0.15) is 30.4 Å². The Hall–Kier alpha value is -1.07. The summed E-state index contributed by atoms with van der Waals surface area (Å²) in [6.45, 7) is 7.16. The van der Waals surface area contributed by atoms with Crippen LogP contribution in [0.25, 0.3) is 0 Å². The summed E-state index contributed by atoms with van der Waals surface area (Å²) in [5, 5.41) is 3.34. The zero-order valence-electron chi connectivity index (χ0n) is 12.6. The highest BCUT2D eigenvalue weighted by Crippen LogP contribution is 2.26. The van der Waals surface area contributed by atoms with Gasteiger partial charge in [0.15, 0.2) is 0 Å². The summed E-state index contributed by atoms with van der Waals surface area (Å²) in [7, 11) is 0. The second-order valence-corrected chi connectivity index (χ2v) is 6.76. The lowest BCUT2D eigenvalue weighted by atomic mass is 10.2. The molecule has 112 valence electrons. The first-order valence-corrected chi connectivity index (χ1v) is 8.84. The number of benzene rings is 1. The Morgan fingerprint density at radius 3 is 2.52 bits per heavy atom. The molecule has 0 fully saturated rings. The molecule has 0 aliphatic rings. The van der Waals surface area contributed by atoms with Crippen molar-refractivity contribution in [1.29, 1.82) is 0 Å². The fourth-order valence-corrected chi connectivity index (χ4v) is 2.90. The van der Waals surface area contributed by atoms with Crippen LogP contribution in [-0.4, -0.2) is 16.5 Å². The average molecular weight is 366 g/mol. The number of nitrogens with one attached hydrogen (secondary N) is 1. The number of nitrogens with zero attached hydrogens (tertiary/aromatic N) is 2. The van der Waals surface area contributed by atoms with Crippen molar-refractivity contribution in [1.82, 2.24) is 9.97 Å². The first-order chi connectivity index (χ1) is 10.1. The van der Waals surface area contributed by atoms with E-state index in [0.717, 1.165) is 40.5 Å². The van der Waals surface area contributed by atoms with Crippen molar-refractivity contribution >= 4 is 33.5 Å². The van der Waals surface area contributed by atoms with Crippen molar-refractivity contribution in [3.05, 3.63) is 45.8 Å². The van der Waals surface area contributed by atoms with Crippen LogP contribution in [0.3, 0.4) is 0 Å². The Labute approximate surface area is 139 Å². The van der Waals surface area contributed by atoms with E-state index in [9.17, 15) is 0 Å². The molecule has 1 heterocycles. The van der Waals surface area contributed by atoms with E-state index in [1.807, 2.05) is 6.92 Å². The molecule has 0 aliphatic heterocycles. The maximum Gasteiger partial charge on any atom is 0.144 e. The molecule has 0 aliphatic carbocycles. The Kier molecular flexibility index (Phi) is 6.06. The van der Waals surface area contributed by atoms with Crippen LogP contribution in [0.5, 0.6) is 0 Å². The molecule has 0 unspecified atom stereocenters. The maximum atomic E-state index is 4.61. The fraction of sp³-hybridized carbons (Fsp3) is 0.375. The largest absolute Gasteiger partial charge is 0.369 e. The van der Waals surface area contributed by atoms with E-state index in [4.69, 9.17) is 0 Å². The molecule has 0 atom stereocenters. The van der Waals surface area contributed by atoms with E-state index < -0.39 is 0 Å². The van der Waals surface area contributed by atoms with E-state index in [2.05, 4.69) is 69.3 Å². The van der Waals surface area contributed by atoms with E-state index in [-0.39, 0.29) is 0 Å². The minimum absolute atomic E-state index is 0.776. The molecule has 1 N–H and O–H groups in total. The van der Waals surface area contributed by atoms with Gasteiger partial charge in [-0.05, 0) is 48.3 Å². The van der Waals surface area contributed by atoms with Crippen LogP contribution in [-0.2, 0) is 5.75 Å². The van der Waals surface area contributed by atoms with Crippen LogP contribution in [0, 0.1) is 13.8 Å². The first kappa shape index (κ1) is 16.3. The number of hydrogen-bond donors (Lipinski definition) is 1. The first-order valence-electron chi connectivity index (χ1n) is 7.06. The third-order valence-electron chi connectivity index (χ3n) is 2.99. The quantitative estimate of drug-likeness (QED) is 0.733. The van der Waals surface area contributed by atoms with Crippen molar-refractivity contribution in [3.63, 3.8) is 0 Å². The van der Waals surface area contributed by atoms with Gasteiger partial charge in [-0.3, -0.25) is 0 Å². The number of thioether (sulfide) groups is 1. The van der Waals surface area contributed by atoms with Crippen molar-refractivity contribution in [2.75, 3.05) is 11.9 Å². The summed E-state index contributed by atoms with van der Waals surface area (Å²) in [5.41, 5.74) is 2.25. The fourth-order valence-electron chi connectivity index (χ4n) is 1.82. The predicted molar refractivity (Wildman–Crippen MR) is 94.0 cm³/mol. The van der Waals surface area contributed by atoms with Crippen molar-refractivity contribution in [3.8, 4) is 0 Å². The topological polar surface area (TPSA) is 37.8 Å². The van der Waals surface area contributed by atoms with Gasteiger partial charge < -0.3 is 5.32 Å². The van der Waals surface area contributed by atoms with Gasteiger partial charge >= 0.3 is 0 Å². The zero-order valence-corrected chi connectivity index (χ0v) is 15.0. The van der Waals surface area contributed by atoms with Gasteiger partial charge in [-0.25, -0.2) is 9.97 Å². The number of aromatic nitrogens is 2. The van der Waals surface area contributed by atoms with Crippen LogP contribution >= 0.6 is 27.7 Å². The summed E-state index contributed by atoms with van der Waals surface area (Å²) in [5.74, 6) is 2.53. The zero-order chi connectivity index (χ0) is 15.2. The molecule has 1 aromatic carbocycles. The van der Waals surface area contributed by atoms with Crippen LogP contribution < -0.4 is 5.32 Å². The summed E-state index contributed by atoms with van der Waals surface area (Å²) in [6, 6.07) is 8.54. The molecule has 0 saturated carbocycles. The van der Waals surface area contributed by atoms with Gasteiger partial charge in [-0.2, -0.15) is 0 Å². The Bertz CT molecular complexity index is 599. The highest BCUT2D eigenvalue weighted by Gasteiger charge is 2.09. The number of rotatable bonds is 6. The van der Waals surface area contributed by atoms with E-state index in [0.29, 0.717) is 0 Å². The average Bonchev–Trinajstić information content (AvgIpc) is 2.48. The minimum atomic E-state index is 0.776. The molecule has 5 heteroatoms. The van der Waals surface area contributed by atoms with Crippen LogP contribution in [0.2, 0.25) is 0 Å². The second-order valence-electron chi connectivity index (χ2n) is 4.92. The lowest BCUT2D eigenvalue weighted by Gasteiger charge is -2.10. The molecule has 0 spiro atoms. The van der Waals surface area contributed by atoms with Gasteiger partial charge in [0.25, 0.3) is 0 Å². The third-order valence-corrected chi connectivity index (χ3v) is 4.95. The monoisotopic (exact) mass is 365 g/mol. The normalized spacial score (nSPS) is 10.7. The Morgan fingerprint density at radius 1 is 1.14 bits per heavy atom. The van der Waals surface area contributed by atoms with Crippen molar-refractivity contribution in [2.45, 2.75) is 37.8 Å². The lowest BCUT2D eigenvalue weighted by molar-refractivity contribution is 0.934. The van der Waals surface area contributed by atoms with Gasteiger partial charge in [-0.1, -0.05) is 24.6 Å². The number of aryl methyl sites for hydroxylation is 2. The molecule has 0 saturated heterocycles. The molecule has 0 radical (unpaired) electrons. The standard InChI is InChI=1S/C16H20BrN3S/c1-4-9-18-16-15(17)12(3)19-14(20-16)10-21-13-7-5-11(2)6-8-13/h5-8H,4,9-10H2,1-3H3,(H,18,19,20). The molecule has 2 aromatic rings. The van der Waals surface area contributed by atoms with Gasteiger partial charge in [0.2, 0.25) is 0 Å². The summed E-state index contributed by atoms with van der Waals surface area (Å²) < 4.78 is 0.958. The third kappa shape index (κ3) is 4.71. The molecular weight excluding hydrogens is 346 g/mol. The Morgan fingerprint density at radius 2 is 1.86 bits per heavy atom. The molecule has 2 rings (SSSR count).